The molecule has 51 heavy (non-hydrogen) atoms. The topological polar surface area (TPSA) is 66.4 Å². The molecular weight excluding hydrogens is 676 g/mol. The molecule has 0 aromatic rings. The lowest BCUT2D eigenvalue weighted by molar-refractivity contribution is -0.870. The number of hydrogen-bond donors (Lipinski definition) is 0. The maximum absolute atomic E-state index is 9.22. The summed E-state index contributed by atoms with van der Waals surface area (Å²) in [6.07, 6.45) is 46.7. The Bertz CT molecular complexity index is 693. The van der Waals surface area contributed by atoms with Crippen LogP contribution in [0.5, 0.6) is 0 Å². The molecule has 0 unspecified atom stereocenters. The van der Waals surface area contributed by atoms with Crippen LogP contribution in [-0.2, 0) is 14.6 Å². The van der Waals surface area contributed by atoms with Crippen molar-refractivity contribution in [2.45, 2.75) is 219 Å². The lowest BCUT2D eigenvalue weighted by Crippen LogP contribution is -3.00. The summed E-state index contributed by atoms with van der Waals surface area (Å²) in [4.78, 5) is 0. The van der Waals surface area contributed by atoms with Gasteiger partial charge in [0.05, 0.1) is 62.5 Å². The zero-order valence-electron chi connectivity index (χ0n) is 36.4. The van der Waals surface area contributed by atoms with Gasteiger partial charge in [-0.05, 0) is 25.7 Å². The second-order valence-corrected chi connectivity index (χ2v) is 18.4. The average molecular weight is 772 g/mol. The van der Waals surface area contributed by atoms with Crippen LogP contribution in [0.15, 0.2) is 0 Å². The van der Waals surface area contributed by atoms with Crippen LogP contribution >= 0.6 is 0 Å². The van der Waals surface area contributed by atoms with Gasteiger partial charge in [0, 0.05) is 0 Å². The highest BCUT2D eigenvalue weighted by Gasteiger charge is 2.06. The SMILES string of the molecule is CCCCCCCCCCCCCCCCCC[N+](C)(C)C.CCCCCCCCCCCCCCCCCC[N+](C)(C)C.COS(=O)(=O)[O-].[Cl-]. The number of nitrogens with zero attached hydrogens (tertiary/aromatic N) is 2. The fourth-order valence-electron chi connectivity index (χ4n) is 6.27. The molecule has 6 nitrogen and oxygen atoms in total. The molecule has 0 N–H and O–H groups in total. The summed E-state index contributed by atoms with van der Waals surface area (Å²) in [5.41, 5.74) is 0. The first-order valence-electron chi connectivity index (χ1n) is 21.8. The highest BCUT2D eigenvalue weighted by Crippen LogP contribution is 2.15. The van der Waals surface area contributed by atoms with Crippen LogP contribution in [-0.4, -0.2) is 84.4 Å². The van der Waals surface area contributed by atoms with Gasteiger partial charge < -0.3 is 25.9 Å². The predicted molar refractivity (Wildman–Crippen MR) is 222 cm³/mol. The van der Waals surface area contributed by atoms with E-state index in [0.717, 1.165) is 16.1 Å². The summed E-state index contributed by atoms with van der Waals surface area (Å²) in [6, 6.07) is 0. The van der Waals surface area contributed by atoms with Gasteiger partial charge in [0.25, 0.3) is 0 Å². The molecule has 0 aromatic heterocycles. The molecule has 0 aliphatic rings. The summed E-state index contributed by atoms with van der Waals surface area (Å²) >= 11 is 0. The Kier molecular flexibility index (Phi) is 48.5. The van der Waals surface area contributed by atoms with Gasteiger partial charge in [-0.3, -0.25) is 4.18 Å². The van der Waals surface area contributed by atoms with E-state index in [0.29, 0.717) is 0 Å². The fourth-order valence-corrected chi connectivity index (χ4v) is 6.27. The highest BCUT2D eigenvalue weighted by molar-refractivity contribution is 7.80. The van der Waals surface area contributed by atoms with Crippen LogP contribution in [0.3, 0.4) is 0 Å². The van der Waals surface area contributed by atoms with E-state index in [1.165, 1.54) is 219 Å². The van der Waals surface area contributed by atoms with Gasteiger partial charge >= 0.3 is 0 Å². The van der Waals surface area contributed by atoms with Gasteiger partial charge in [-0.15, -0.1) is 0 Å². The largest absolute Gasteiger partial charge is 1.00 e. The third kappa shape index (κ3) is 68.6. The summed E-state index contributed by atoms with van der Waals surface area (Å²) in [5, 5.41) is 0. The zero-order chi connectivity index (χ0) is 38.2. The summed E-state index contributed by atoms with van der Waals surface area (Å²) in [6.45, 7) is 7.26. The molecule has 0 aromatic carbocycles. The van der Waals surface area contributed by atoms with Crippen molar-refractivity contribution in [3.05, 3.63) is 0 Å². The molecule has 0 aliphatic carbocycles. The standard InChI is InChI=1S/2C21H46N.CH4O4S.ClH/c2*1-5-6-7-8-9-10-11-12-13-14-15-16-17-18-19-20-21-22(2,3)4;1-5-6(2,3)4;/h2*5-21H2,1-4H3;1H3,(H,2,3,4);1H/q2*+1;;/p-2. The van der Waals surface area contributed by atoms with Crippen LogP contribution in [0.1, 0.15) is 219 Å². The van der Waals surface area contributed by atoms with Gasteiger partial charge in [0.1, 0.15) is 0 Å². The first-order chi connectivity index (χ1) is 23.7. The van der Waals surface area contributed by atoms with Gasteiger partial charge in [-0.1, -0.05) is 194 Å². The molecule has 0 saturated heterocycles. The lowest BCUT2D eigenvalue weighted by Gasteiger charge is -2.23. The molecule has 0 saturated carbocycles. The van der Waals surface area contributed by atoms with E-state index < -0.39 is 10.4 Å². The van der Waals surface area contributed by atoms with Crippen molar-refractivity contribution in [2.24, 2.45) is 0 Å². The minimum absolute atomic E-state index is 0. The molecule has 0 rings (SSSR count). The molecule has 0 radical (unpaired) electrons. The van der Waals surface area contributed by atoms with Crippen molar-refractivity contribution in [3.63, 3.8) is 0 Å². The van der Waals surface area contributed by atoms with Gasteiger partial charge in [-0.2, -0.15) is 0 Å². The highest BCUT2D eigenvalue weighted by atomic mass is 35.5. The van der Waals surface area contributed by atoms with E-state index in [1.807, 2.05) is 0 Å². The van der Waals surface area contributed by atoms with E-state index in [4.69, 9.17) is 0 Å². The number of rotatable bonds is 35. The van der Waals surface area contributed by atoms with Crippen molar-refractivity contribution in [3.8, 4) is 0 Å². The lowest BCUT2D eigenvalue weighted by atomic mass is 10.0. The molecule has 314 valence electrons. The number of hydrogen-bond acceptors (Lipinski definition) is 4. The maximum Gasteiger partial charge on any atom is 0.217 e. The van der Waals surface area contributed by atoms with Crippen molar-refractivity contribution in [1.29, 1.82) is 0 Å². The van der Waals surface area contributed by atoms with E-state index in [1.54, 1.807) is 0 Å². The molecule has 0 spiro atoms. The quantitative estimate of drug-likeness (QED) is 0.0279. The van der Waals surface area contributed by atoms with Crippen molar-refractivity contribution in [1.82, 2.24) is 0 Å². The van der Waals surface area contributed by atoms with Gasteiger partial charge in [0.15, 0.2) is 0 Å². The Balaban J connectivity index is -0.000000366. The van der Waals surface area contributed by atoms with Crippen LogP contribution in [0.2, 0.25) is 0 Å². The smallest absolute Gasteiger partial charge is 0.217 e. The second kappa shape index (κ2) is 42.8. The molecule has 0 bridgehead atoms. The van der Waals surface area contributed by atoms with E-state index in [2.05, 4.69) is 60.3 Å². The Morgan fingerprint density at radius 1 is 0.373 bits per heavy atom. The first kappa shape index (κ1) is 57.8. The van der Waals surface area contributed by atoms with Crippen LogP contribution in [0.25, 0.3) is 0 Å². The van der Waals surface area contributed by atoms with Crippen molar-refractivity contribution in [2.75, 3.05) is 62.5 Å². The Morgan fingerprint density at radius 3 is 0.627 bits per heavy atom. The minimum Gasteiger partial charge on any atom is -1.00 e. The molecule has 0 fully saturated rings. The molecular formula is C43H95ClN2O4S. The van der Waals surface area contributed by atoms with Crippen molar-refractivity contribution >= 4 is 10.4 Å². The normalized spacial score (nSPS) is 11.7. The van der Waals surface area contributed by atoms with Crippen LogP contribution in [0.4, 0.5) is 0 Å². The molecule has 0 aliphatic heterocycles. The van der Waals surface area contributed by atoms with E-state index >= 15 is 0 Å². The molecule has 0 atom stereocenters. The number of halogens is 1. The third-order valence-electron chi connectivity index (χ3n) is 9.57. The Labute approximate surface area is 329 Å². The zero-order valence-corrected chi connectivity index (χ0v) is 37.9. The Morgan fingerprint density at radius 2 is 0.510 bits per heavy atom. The molecule has 8 heteroatoms. The van der Waals surface area contributed by atoms with E-state index in [-0.39, 0.29) is 12.4 Å². The summed E-state index contributed by atoms with van der Waals surface area (Å²) < 4.78 is 33.3. The van der Waals surface area contributed by atoms with Gasteiger partial charge in [-0.25, -0.2) is 8.42 Å². The predicted octanol–water partition coefficient (Wildman–Crippen LogP) is 10.0. The monoisotopic (exact) mass is 771 g/mol. The molecule has 0 heterocycles. The fraction of sp³-hybridized carbons (Fsp3) is 1.00. The first-order valence-corrected chi connectivity index (χ1v) is 23.1. The summed E-state index contributed by atoms with van der Waals surface area (Å²) in [7, 11) is 10.2. The number of quaternary nitrogens is 2. The Hall–Kier alpha value is 0.0800. The van der Waals surface area contributed by atoms with Crippen LogP contribution < -0.4 is 12.4 Å². The third-order valence-corrected chi connectivity index (χ3v) is 9.98. The average Bonchev–Trinajstić information content (AvgIpc) is 3.03. The van der Waals surface area contributed by atoms with Crippen molar-refractivity contribution < 1.29 is 38.5 Å². The number of unbranched alkanes of at least 4 members (excludes halogenated alkanes) is 30. The summed E-state index contributed by atoms with van der Waals surface area (Å²) in [5.74, 6) is 0. The minimum atomic E-state index is -4.41. The second-order valence-electron chi connectivity index (χ2n) is 17.2. The maximum atomic E-state index is 9.22. The van der Waals surface area contributed by atoms with Crippen LogP contribution in [0, 0.1) is 0 Å². The van der Waals surface area contributed by atoms with E-state index in [9.17, 15) is 13.0 Å². The molecule has 0 amide bonds. The van der Waals surface area contributed by atoms with Gasteiger partial charge in [0.2, 0.25) is 10.4 Å².